The van der Waals surface area contributed by atoms with Gasteiger partial charge in [0, 0.05) is 22.0 Å². The minimum Gasteiger partial charge on any atom is -0.489 e. The Hall–Kier alpha value is -1.56. The maximum absolute atomic E-state index is 12.7. The molecule has 2 aromatic carbocycles. The van der Waals surface area contributed by atoms with Crippen molar-refractivity contribution in [1.29, 1.82) is 0 Å². The molecule has 0 spiro atoms. The van der Waals surface area contributed by atoms with E-state index in [1.54, 1.807) is 18.2 Å². The Morgan fingerprint density at radius 1 is 1.30 bits per heavy atom. The highest BCUT2D eigenvalue weighted by atomic mass is 79.9. The molecule has 4 rings (SSSR count). The van der Waals surface area contributed by atoms with Crippen LogP contribution in [0.4, 0.5) is 5.69 Å². The van der Waals surface area contributed by atoms with Crippen LogP contribution in [0.15, 0.2) is 46.9 Å². The fourth-order valence-electron chi connectivity index (χ4n) is 3.50. The normalized spacial score (nSPS) is 23.9. The molecule has 6 heteroatoms. The number of hydrogen-bond donors (Lipinski definition) is 1. The second kappa shape index (κ2) is 8.21. The van der Waals surface area contributed by atoms with Crippen molar-refractivity contribution in [3.05, 3.63) is 57.5 Å². The average Bonchev–Trinajstić information content (AvgIpc) is 3.29. The molecule has 3 atom stereocenters. The Morgan fingerprint density at radius 3 is 2.96 bits per heavy atom. The van der Waals surface area contributed by atoms with Gasteiger partial charge in [0.15, 0.2) is 0 Å². The molecule has 27 heavy (non-hydrogen) atoms. The van der Waals surface area contributed by atoms with E-state index in [0.717, 1.165) is 30.3 Å². The van der Waals surface area contributed by atoms with Gasteiger partial charge in [-0.05, 0) is 61.1 Å². The molecule has 2 fully saturated rings. The summed E-state index contributed by atoms with van der Waals surface area (Å²) in [5.41, 5.74) is 1.80. The number of ether oxygens (including phenoxy) is 2. The van der Waals surface area contributed by atoms with Crippen LogP contribution in [-0.2, 0) is 9.53 Å². The monoisotopic (exact) mass is 449 g/mol. The van der Waals surface area contributed by atoms with Gasteiger partial charge < -0.3 is 14.8 Å². The van der Waals surface area contributed by atoms with Gasteiger partial charge in [0.25, 0.3) is 0 Å². The molecule has 142 valence electrons. The van der Waals surface area contributed by atoms with Crippen molar-refractivity contribution in [3.63, 3.8) is 0 Å². The van der Waals surface area contributed by atoms with Crippen molar-refractivity contribution in [3.8, 4) is 5.75 Å². The molecule has 2 aliphatic rings. The Bertz CT molecular complexity index is 838. The summed E-state index contributed by atoms with van der Waals surface area (Å²) < 4.78 is 12.5. The van der Waals surface area contributed by atoms with Crippen LogP contribution in [0.2, 0.25) is 5.02 Å². The maximum Gasteiger partial charge on any atom is 0.228 e. The molecule has 0 radical (unpaired) electrons. The van der Waals surface area contributed by atoms with E-state index in [-0.39, 0.29) is 23.8 Å². The lowest BCUT2D eigenvalue weighted by Gasteiger charge is -2.15. The summed E-state index contributed by atoms with van der Waals surface area (Å²) in [5, 5.41) is 3.57. The van der Waals surface area contributed by atoms with E-state index in [4.69, 9.17) is 21.1 Å². The lowest BCUT2D eigenvalue weighted by molar-refractivity contribution is -0.117. The lowest BCUT2D eigenvalue weighted by atomic mass is 10.1. The molecule has 1 aliphatic heterocycles. The number of hydrogen-bond acceptors (Lipinski definition) is 3. The fraction of sp³-hybridized carbons (Fsp3) is 0.381. The van der Waals surface area contributed by atoms with Gasteiger partial charge in [-0.25, -0.2) is 0 Å². The zero-order chi connectivity index (χ0) is 18.8. The number of amides is 1. The quantitative estimate of drug-likeness (QED) is 0.641. The molecular weight excluding hydrogens is 430 g/mol. The van der Waals surface area contributed by atoms with Crippen molar-refractivity contribution in [2.45, 2.75) is 31.3 Å². The average molecular weight is 451 g/mol. The summed E-state index contributed by atoms with van der Waals surface area (Å²) in [6.07, 6.45) is 3.05. The van der Waals surface area contributed by atoms with Crippen LogP contribution in [0, 0.1) is 5.92 Å². The van der Waals surface area contributed by atoms with Gasteiger partial charge in [-0.15, -0.1) is 0 Å². The van der Waals surface area contributed by atoms with E-state index >= 15 is 0 Å². The molecule has 1 aliphatic carbocycles. The SMILES string of the molecule is O=C(Nc1cc(Cl)ccc1OCC1CCCO1)C1CC1c1cccc(Br)c1. The van der Waals surface area contributed by atoms with Gasteiger partial charge in [-0.2, -0.15) is 0 Å². The summed E-state index contributed by atoms with van der Waals surface area (Å²) >= 11 is 9.62. The number of rotatable bonds is 6. The summed E-state index contributed by atoms with van der Waals surface area (Å²) in [4.78, 5) is 12.7. The van der Waals surface area contributed by atoms with Gasteiger partial charge in [0.1, 0.15) is 12.4 Å². The molecule has 4 nitrogen and oxygen atoms in total. The van der Waals surface area contributed by atoms with Crippen LogP contribution in [0.3, 0.4) is 0 Å². The summed E-state index contributed by atoms with van der Waals surface area (Å²) in [7, 11) is 0. The van der Waals surface area contributed by atoms with Gasteiger partial charge in [-0.3, -0.25) is 4.79 Å². The van der Waals surface area contributed by atoms with E-state index in [0.29, 0.717) is 23.1 Å². The molecule has 3 unspecified atom stereocenters. The second-order valence-corrected chi connectivity index (χ2v) is 8.43. The number of carbonyl (C=O) groups is 1. The molecule has 1 N–H and O–H groups in total. The number of benzene rings is 2. The van der Waals surface area contributed by atoms with Crippen LogP contribution >= 0.6 is 27.5 Å². The standard InChI is InChI=1S/C21H21BrClNO3/c22-14-4-1-3-13(9-14)17-11-18(17)21(25)24-19-10-15(23)6-7-20(19)27-12-16-5-2-8-26-16/h1,3-4,6-7,9-10,16-18H,2,5,8,11-12H2,(H,24,25). The van der Waals surface area contributed by atoms with Crippen LogP contribution in [-0.4, -0.2) is 25.2 Å². The zero-order valence-corrected chi connectivity index (χ0v) is 17.1. The smallest absolute Gasteiger partial charge is 0.228 e. The van der Waals surface area contributed by atoms with Gasteiger partial charge in [0.2, 0.25) is 5.91 Å². The van der Waals surface area contributed by atoms with E-state index in [1.807, 2.05) is 12.1 Å². The van der Waals surface area contributed by atoms with Gasteiger partial charge in [-0.1, -0.05) is 39.7 Å². The largest absolute Gasteiger partial charge is 0.489 e. The van der Waals surface area contributed by atoms with Gasteiger partial charge in [0.05, 0.1) is 11.8 Å². The molecule has 1 saturated heterocycles. The lowest BCUT2D eigenvalue weighted by Crippen LogP contribution is -2.19. The topological polar surface area (TPSA) is 47.6 Å². The summed E-state index contributed by atoms with van der Waals surface area (Å²) in [5.74, 6) is 0.870. The first-order valence-electron chi connectivity index (χ1n) is 9.20. The van der Waals surface area contributed by atoms with Crippen LogP contribution in [0.25, 0.3) is 0 Å². The number of nitrogens with one attached hydrogen (secondary N) is 1. The first-order valence-corrected chi connectivity index (χ1v) is 10.4. The Labute approximate surface area is 172 Å². The maximum atomic E-state index is 12.7. The van der Waals surface area contributed by atoms with Crippen molar-refractivity contribution in [1.82, 2.24) is 0 Å². The Kier molecular flexibility index (Phi) is 5.71. The predicted molar refractivity (Wildman–Crippen MR) is 110 cm³/mol. The molecule has 0 aromatic heterocycles. The number of halogens is 2. The fourth-order valence-corrected chi connectivity index (χ4v) is 4.09. The van der Waals surface area contributed by atoms with Crippen molar-refractivity contribution < 1.29 is 14.3 Å². The van der Waals surface area contributed by atoms with Crippen LogP contribution < -0.4 is 10.1 Å². The molecule has 1 heterocycles. The number of anilines is 1. The Morgan fingerprint density at radius 2 is 2.19 bits per heavy atom. The first kappa shape index (κ1) is 18.8. The first-order chi connectivity index (χ1) is 13.1. The third kappa shape index (κ3) is 4.65. The molecule has 2 aromatic rings. The number of carbonyl (C=O) groups excluding carboxylic acids is 1. The van der Waals surface area contributed by atoms with Crippen molar-refractivity contribution >= 4 is 39.1 Å². The van der Waals surface area contributed by atoms with E-state index < -0.39 is 0 Å². The highest BCUT2D eigenvalue weighted by Gasteiger charge is 2.44. The molecule has 0 bridgehead atoms. The third-order valence-electron chi connectivity index (χ3n) is 5.05. The molecular formula is C21H21BrClNO3. The van der Waals surface area contributed by atoms with Crippen molar-refractivity contribution in [2.24, 2.45) is 5.92 Å². The minimum atomic E-state index is -0.0238. The second-order valence-electron chi connectivity index (χ2n) is 7.08. The highest BCUT2D eigenvalue weighted by molar-refractivity contribution is 9.10. The summed E-state index contributed by atoms with van der Waals surface area (Å²) in [6.45, 7) is 1.27. The highest BCUT2D eigenvalue weighted by Crippen LogP contribution is 2.48. The van der Waals surface area contributed by atoms with E-state index in [1.165, 1.54) is 5.56 Å². The third-order valence-corrected chi connectivity index (χ3v) is 5.78. The summed E-state index contributed by atoms with van der Waals surface area (Å²) in [6, 6.07) is 13.4. The van der Waals surface area contributed by atoms with E-state index in [2.05, 4.69) is 33.4 Å². The van der Waals surface area contributed by atoms with Crippen LogP contribution in [0.5, 0.6) is 5.75 Å². The van der Waals surface area contributed by atoms with Crippen LogP contribution in [0.1, 0.15) is 30.7 Å². The van der Waals surface area contributed by atoms with E-state index in [9.17, 15) is 4.79 Å². The zero-order valence-electron chi connectivity index (χ0n) is 14.8. The van der Waals surface area contributed by atoms with Gasteiger partial charge >= 0.3 is 0 Å². The van der Waals surface area contributed by atoms with Crippen molar-refractivity contribution in [2.75, 3.05) is 18.5 Å². The predicted octanol–water partition coefficient (Wildman–Crippen LogP) is 5.40. The Balaban J connectivity index is 1.41. The molecule has 1 saturated carbocycles. The minimum absolute atomic E-state index is 0.00390. The molecule has 1 amide bonds.